The van der Waals surface area contributed by atoms with Crippen molar-refractivity contribution in [1.29, 1.82) is 0 Å². The Kier molecular flexibility index (Phi) is 4.44. The molecule has 0 spiro atoms. The number of aliphatic hydroxyl groups is 1. The molecule has 21 heavy (non-hydrogen) atoms. The Morgan fingerprint density at radius 2 is 2.05 bits per heavy atom. The van der Waals surface area contributed by atoms with Crippen LogP contribution in [-0.2, 0) is 10.3 Å². The highest BCUT2D eigenvalue weighted by atomic mass is 35.5. The zero-order chi connectivity index (χ0) is 15.7. The first-order valence-electron chi connectivity index (χ1n) is 7.02. The summed E-state index contributed by atoms with van der Waals surface area (Å²) in [6, 6.07) is 3.34. The molecule has 1 aromatic rings. The molecular weight excluding hydrogens is 292 g/mol. The van der Waals surface area contributed by atoms with Crippen molar-refractivity contribution in [2.24, 2.45) is 0 Å². The van der Waals surface area contributed by atoms with Crippen LogP contribution in [0.5, 0.6) is 0 Å². The fourth-order valence-electron chi connectivity index (χ4n) is 2.30. The van der Waals surface area contributed by atoms with Gasteiger partial charge in [0.1, 0.15) is 11.2 Å². The third-order valence-corrected chi connectivity index (χ3v) is 3.68. The zero-order valence-corrected chi connectivity index (χ0v) is 13.4. The summed E-state index contributed by atoms with van der Waals surface area (Å²) in [4.78, 5) is 17.8. The van der Waals surface area contributed by atoms with Crippen molar-refractivity contribution in [3.05, 3.63) is 29.0 Å². The van der Waals surface area contributed by atoms with Crippen LogP contribution in [0.3, 0.4) is 0 Å². The Bertz CT molecular complexity index is 520. The van der Waals surface area contributed by atoms with Gasteiger partial charge in [-0.25, -0.2) is 4.79 Å². The topological polar surface area (TPSA) is 62.7 Å². The van der Waals surface area contributed by atoms with Crippen LogP contribution < -0.4 is 0 Å². The van der Waals surface area contributed by atoms with E-state index in [1.54, 1.807) is 23.2 Å². The smallest absolute Gasteiger partial charge is 0.410 e. The lowest BCUT2D eigenvalue weighted by atomic mass is 9.88. The van der Waals surface area contributed by atoms with Crippen molar-refractivity contribution in [3.63, 3.8) is 0 Å². The summed E-state index contributed by atoms with van der Waals surface area (Å²) in [7, 11) is 0. The average Bonchev–Trinajstić information content (AvgIpc) is 2.37. The predicted molar refractivity (Wildman–Crippen MR) is 80.2 cm³/mol. The molecule has 1 aromatic heterocycles. The van der Waals surface area contributed by atoms with Crippen LogP contribution in [0.15, 0.2) is 18.3 Å². The number of hydrogen-bond acceptors (Lipinski definition) is 4. The summed E-state index contributed by atoms with van der Waals surface area (Å²) in [5, 5.41) is 11.2. The lowest BCUT2D eigenvalue weighted by molar-refractivity contribution is -0.0381. The van der Waals surface area contributed by atoms with Gasteiger partial charge in [0.2, 0.25) is 0 Å². The summed E-state index contributed by atoms with van der Waals surface area (Å²) < 4.78 is 5.34. The third kappa shape index (κ3) is 4.08. The molecule has 1 aliphatic heterocycles. The average molecular weight is 313 g/mol. The van der Waals surface area contributed by atoms with E-state index in [0.717, 1.165) is 0 Å². The summed E-state index contributed by atoms with van der Waals surface area (Å²) in [5.74, 6) is 0. The first-order chi connectivity index (χ1) is 9.70. The second-order valence-corrected chi connectivity index (χ2v) is 6.79. The molecule has 2 rings (SSSR count). The maximum absolute atomic E-state index is 12.0. The summed E-state index contributed by atoms with van der Waals surface area (Å²) in [5.41, 5.74) is -0.998. The minimum absolute atomic E-state index is 0.344. The van der Waals surface area contributed by atoms with Crippen LogP contribution in [0.25, 0.3) is 0 Å². The molecule has 2 heterocycles. The number of aromatic nitrogens is 1. The Labute approximate surface area is 129 Å². The lowest BCUT2D eigenvalue weighted by Crippen LogP contribution is -2.47. The van der Waals surface area contributed by atoms with Gasteiger partial charge in [0, 0.05) is 24.3 Å². The molecule has 0 bridgehead atoms. The van der Waals surface area contributed by atoms with Crippen LogP contribution in [0, 0.1) is 0 Å². The third-order valence-electron chi connectivity index (χ3n) is 3.44. The van der Waals surface area contributed by atoms with Crippen molar-refractivity contribution in [1.82, 2.24) is 9.88 Å². The van der Waals surface area contributed by atoms with Gasteiger partial charge in [0.25, 0.3) is 0 Å². The second kappa shape index (κ2) is 5.81. The first-order valence-corrected chi connectivity index (χ1v) is 7.40. The minimum Gasteiger partial charge on any atom is -0.444 e. The standard InChI is InChI=1S/C15H21ClN2O3/c1-14(2,3)21-13(19)18-8-5-15(20,6-9-18)12-10-11(16)4-7-17-12/h4,7,10,20H,5-6,8-9H2,1-3H3. The summed E-state index contributed by atoms with van der Waals surface area (Å²) in [6.07, 6.45) is 2.07. The SMILES string of the molecule is CC(C)(C)OC(=O)N1CCC(O)(c2cc(Cl)ccn2)CC1. The zero-order valence-electron chi connectivity index (χ0n) is 12.6. The molecule has 6 heteroatoms. The fraction of sp³-hybridized carbons (Fsp3) is 0.600. The fourth-order valence-corrected chi connectivity index (χ4v) is 2.46. The van der Waals surface area contributed by atoms with Crippen LogP contribution in [-0.4, -0.2) is 39.8 Å². The number of rotatable bonds is 1. The van der Waals surface area contributed by atoms with E-state index >= 15 is 0 Å². The Balaban J connectivity index is 2.01. The quantitative estimate of drug-likeness (QED) is 0.866. The number of carbonyl (C=O) groups is 1. The van der Waals surface area contributed by atoms with Gasteiger partial charge in [-0.05, 0) is 45.7 Å². The molecule has 0 saturated carbocycles. The summed E-state index contributed by atoms with van der Waals surface area (Å²) in [6.45, 7) is 6.36. The van der Waals surface area contributed by atoms with Gasteiger partial charge in [-0.2, -0.15) is 0 Å². The highest BCUT2D eigenvalue weighted by molar-refractivity contribution is 6.30. The number of piperidine rings is 1. The largest absolute Gasteiger partial charge is 0.444 e. The van der Waals surface area contributed by atoms with E-state index in [1.807, 2.05) is 20.8 Å². The minimum atomic E-state index is -1.04. The van der Waals surface area contributed by atoms with Crippen molar-refractivity contribution >= 4 is 17.7 Å². The van der Waals surface area contributed by atoms with E-state index < -0.39 is 11.2 Å². The summed E-state index contributed by atoms with van der Waals surface area (Å²) >= 11 is 5.94. The molecule has 0 aliphatic carbocycles. The van der Waals surface area contributed by atoms with Crippen molar-refractivity contribution < 1.29 is 14.6 Å². The van der Waals surface area contributed by atoms with Crippen molar-refractivity contribution in [2.75, 3.05) is 13.1 Å². The van der Waals surface area contributed by atoms with Gasteiger partial charge < -0.3 is 14.7 Å². The number of likely N-dealkylation sites (tertiary alicyclic amines) is 1. The number of amides is 1. The van der Waals surface area contributed by atoms with E-state index in [2.05, 4.69) is 4.98 Å². The molecule has 0 aromatic carbocycles. The van der Waals surface area contributed by atoms with E-state index in [-0.39, 0.29) is 6.09 Å². The normalized spacial score (nSPS) is 18.4. The Morgan fingerprint density at radius 3 is 2.57 bits per heavy atom. The van der Waals surface area contributed by atoms with Crippen molar-refractivity contribution in [2.45, 2.75) is 44.8 Å². The number of pyridine rings is 1. The van der Waals surface area contributed by atoms with Gasteiger partial charge in [0.05, 0.1) is 5.69 Å². The molecule has 116 valence electrons. The molecule has 1 saturated heterocycles. The van der Waals surface area contributed by atoms with Gasteiger partial charge in [-0.15, -0.1) is 0 Å². The maximum Gasteiger partial charge on any atom is 0.410 e. The van der Waals surface area contributed by atoms with E-state index in [0.29, 0.717) is 36.6 Å². The molecule has 5 nitrogen and oxygen atoms in total. The number of nitrogens with zero attached hydrogens (tertiary/aromatic N) is 2. The van der Waals surface area contributed by atoms with Gasteiger partial charge in [0.15, 0.2) is 0 Å². The Hall–Kier alpha value is -1.33. The van der Waals surface area contributed by atoms with Gasteiger partial charge in [-0.3, -0.25) is 4.98 Å². The van der Waals surface area contributed by atoms with E-state index in [4.69, 9.17) is 16.3 Å². The van der Waals surface area contributed by atoms with Crippen LogP contribution in [0.4, 0.5) is 4.79 Å². The molecular formula is C15H21ClN2O3. The van der Waals surface area contributed by atoms with Crippen LogP contribution in [0.1, 0.15) is 39.3 Å². The maximum atomic E-state index is 12.0. The van der Waals surface area contributed by atoms with Gasteiger partial charge in [-0.1, -0.05) is 11.6 Å². The van der Waals surface area contributed by atoms with E-state index in [9.17, 15) is 9.90 Å². The first kappa shape index (κ1) is 16.0. The highest BCUT2D eigenvalue weighted by Crippen LogP contribution is 2.33. The highest BCUT2D eigenvalue weighted by Gasteiger charge is 2.37. The van der Waals surface area contributed by atoms with Gasteiger partial charge >= 0.3 is 6.09 Å². The number of carbonyl (C=O) groups excluding carboxylic acids is 1. The molecule has 1 fully saturated rings. The van der Waals surface area contributed by atoms with Crippen LogP contribution >= 0.6 is 11.6 Å². The molecule has 0 radical (unpaired) electrons. The number of hydrogen-bond donors (Lipinski definition) is 1. The second-order valence-electron chi connectivity index (χ2n) is 6.36. The number of ether oxygens (including phenoxy) is 1. The molecule has 0 unspecified atom stereocenters. The lowest BCUT2D eigenvalue weighted by Gasteiger charge is -2.38. The monoisotopic (exact) mass is 312 g/mol. The molecule has 0 atom stereocenters. The molecule has 1 amide bonds. The van der Waals surface area contributed by atoms with Crippen LogP contribution in [0.2, 0.25) is 5.02 Å². The van der Waals surface area contributed by atoms with Crippen molar-refractivity contribution in [3.8, 4) is 0 Å². The van der Waals surface area contributed by atoms with E-state index in [1.165, 1.54) is 0 Å². The Morgan fingerprint density at radius 1 is 1.43 bits per heavy atom. The molecule has 1 N–H and O–H groups in total. The predicted octanol–water partition coefficient (Wildman–Crippen LogP) is 2.95. The number of halogens is 1. The molecule has 1 aliphatic rings.